The molecule has 2 N–H and O–H groups in total. The highest BCUT2D eigenvalue weighted by molar-refractivity contribution is 5.92. The molecular weight excluding hydrogens is 276 g/mol. The van der Waals surface area contributed by atoms with Crippen LogP contribution in [0.3, 0.4) is 0 Å². The molecule has 2 aromatic rings. The highest BCUT2D eigenvalue weighted by Crippen LogP contribution is 2.15. The molecule has 1 amide bonds. The summed E-state index contributed by atoms with van der Waals surface area (Å²) in [6, 6.07) is 12.3. The van der Waals surface area contributed by atoms with E-state index in [1.807, 2.05) is 29.1 Å². The first kappa shape index (κ1) is 14.8. The van der Waals surface area contributed by atoms with Gasteiger partial charge in [-0.1, -0.05) is 30.3 Å². The molecule has 1 aromatic carbocycles. The van der Waals surface area contributed by atoms with Gasteiger partial charge in [-0.05, 0) is 37.4 Å². The lowest BCUT2D eigenvalue weighted by atomic mass is 10.1. The summed E-state index contributed by atoms with van der Waals surface area (Å²) in [6.07, 6.45) is 5.01. The second-order valence-corrected chi connectivity index (χ2v) is 5.67. The van der Waals surface area contributed by atoms with Gasteiger partial charge in [0.1, 0.15) is 5.69 Å². The topological polar surface area (TPSA) is 59.0 Å². The van der Waals surface area contributed by atoms with Crippen LogP contribution >= 0.6 is 0 Å². The Morgan fingerprint density at radius 1 is 1.32 bits per heavy atom. The summed E-state index contributed by atoms with van der Waals surface area (Å²) < 4.78 is 1.91. The van der Waals surface area contributed by atoms with Crippen LogP contribution in [0.1, 0.15) is 34.9 Å². The molecule has 1 atom stereocenters. The molecule has 5 nitrogen and oxygen atoms in total. The summed E-state index contributed by atoms with van der Waals surface area (Å²) >= 11 is 0. The van der Waals surface area contributed by atoms with Crippen LogP contribution in [-0.2, 0) is 6.42 Å². The molecule has 5 heteroatoms. The van der Waals surface area contributed by atoms with Crippen LogP contribution in [0.15, 0.2) is 42.6 Å². The van der Waals surface area contributed by atoms with Gasteiger partial charge in [-0.2, -0.15) is 5.10 Å². The first-order chi connectivity index (χ1) is 10.8. The number of hydrogen-bond donors (Lipinski definition) is 2. The highest BCUT2D eigenvalue weighted by Gasteiger charge is 2.17. The van der Waals surface area contributed by atoms with Crippen LogP contribution in [0, 0.1) is 0 Å². The van der Waals surface area contributed by atoms with Crippen molar-refractivity contribution in [2.45, 2.75) is 25.3 Å². The highest BCUT2D eigenvalue weighted by atomic mass is 16.1. The average Bonchev–Trinajstić information content (AvgIpc) is 3.07. The van der Waals surface area contributed by atoms with E-state index >= 15 is 0 Å². The van der Waals surface area contributed by atoms with Gasteiger partial charge in [0.2, 0.25) is 0 Å². The van der Waals surface area contributed by atoms with Crippen LogP contribution in [0.5, 0.6) is 0 Å². The molecule has 1 aliphatic heterocycles. The molecule has 0 bridgehead atoms. The number of carbonyl (C=O) groups excluding carboxylic acids is 1. The van der Waals surface area contributed by atoms with Crippen molar-refractivity contribution in [3.8, 4) is 0 Å². The van der Waals surface area contributed by atoms with Crippen molar-refractivity contribution >= 4 is 5.91 Å². The second kappa shape index (κ2) is 7.22. The summed E-state index contributed by atoms with van der Waals surface area (Å²) in [5.74, 6) is -0.0987. The Kier molecular flexibility index (Phi) is 4.85. The van der Waals surface area contributed by atoms with Crippen LogP contribution in [0.2, 0.25) is 0 Å². The van der Waals surface area contributed by atoms with Crippen molar-refractivity contribution < 1.29 is 4.79 Å². The van der Waals surface area contributed by atoms with Gasteiger partial charge in [0.25, 0.3) is 5.91 Å². The minimum atomic E-state index is -0.0987. The monoisotopic (exact) mass is 298 g/mol. The minimum Gasteiger partial charge on any atom is -0.350 e. The van der Waals surface area contributed by atoms with Gasteiger partial charge in [0, 0.05) is 19.3 Å². The van der Waals surface area contributed by atoms with E-state index in [0.29, 0.717) is 18.3 Å². The minimum absolute atomic E-state index is 0.0987. The molecule has 0 aliphatic carbocycles. The molecule has 0 saturated carbocycles. The van der Waals surface area contributed by atoms with E-state index in [2.05, 4.69) is 27.9 Å². The standard InChI is InChI=1S/C17H22N4O/c22-17(19-11-8-14-5-2-1-3-6-14)16-9-12-21(20-16)15-7-4-10-18-13-15/h1-3,5-6,9,12,15,18H,4,7-8,10-11,13H2,(H,19,22). The predicted molar refractivity (Wildman–Crippen MR) is 85.8 cm³/mol. The maximum atomic E-state index is 12.1. The first-order valence-corrected chi connectivity index (χ1v) is 7.91. The van der Waals surface area contributed by atoms with Crippen molar-refractivity contribution in [3.05, 3.63) is 53.9 Å². The number of nitrogens with zero attached hydrogens (tertiary/aromatic N) is 2. The molecule has 1 aliphatic rings. The van der Waals surface area contributed by atoms with E-state index in [1.165, 1.54) is 5.56 Å². The van der Waals surface area contributed by atoms with Gasteiger partial charge in [-0.3, -0.25) is 9.48 Å². The SMILES string of the molecule is O=C(NCCc1ccccc1)c1ccn(C2CCCNC2)n1. The van der Waals surface area contributed by atoms with Crippen molar-refractivity contribution in [2.24, 2.45) is 0 Å². The zero-order valence-corrected chi connectivity index (χ0v) is 12.7. The van der Waals surface area contributed by atoms with Crippen LogP contribution in [-0.4, -0.2) is 35.3 Å². The number of benzene rings is 1. The molecule has 116 valence electrons. The third kappa shape index (κ3) is 3.74. The Balaban J connectivity index is 1.51. The number of amides is 1. The molecule has 1 aromatic heterocycles. The van der Waals surface area contributed by atoms with Crippen LogP contribution < -0.4 is 10.6 Å². The lowest BCUT2D eigenvalue weighted by Crippen LogP contribution is -2.32. The molecular formula is C17H22N4O. The van der Waals surface area contributed by atoms with E-state index in [1.54, 1.807) is 6.07 Å². The molecule has 1 fully saturated rings. The summed E-state index contributed by atoms with van der Waals surface area (Å²) in [5.41, 5.74) is 1.72. The van der Waals surface area contributed by atoms with Crippen molar-refractivity contribution in [1.29, 1.82) is 0 Å². The fourth-order valence-corrected chi connectivity index (χ4v) is 2.78. The van der Waals surface area contributed by atoms with Gasteiger partial charge in [0.05, 0.1) is 6.04 Å². The number of carbonyl (C=O) groups is 1. The van der Waals surface area contributed by atoms with E-state index in [4.69, 9.17) is 0 Å². The predicted octanol–water partition coefficient (Wildman–Crippen LogP) is 1.78. The smallest absolute Gasteiger partial charge is 0.271 e. The molecule has 0 radical (unpaired) electrons. The van der Waals surface area contributed by atoms with Gasteiger partial charge < -0.3 is 10.6 Å². The quantitative estimate of drug-likeness (QED) is 0.884. The van der Waals surface area contributed by atoms with Gasteiger partial charge in [0.15, 0.2) is 0 Å². The zero-order valence-electron chi connectivity index (χ0n) is 12.7. The van der Waals surface area contributed by atoms with Gasteiger partial charge in [-0.15, -0.1) is 0 Å². The summed E-state index contributed by atoms with van der Waals surface area (Å²) in [5, 5.41) is 10.7. The maximum absolute atomic E-state index is 12.1. The maximum Gasteiger partial charge on any atom is 0.271 e. The van der Waals surface area contributed by atoms with E-state index < -0.39 is 0 Å². The number of rotatable bonds is 5. The Morgan fingerprint density at radius 2 is 2.18 bits per heavy atom. The summed E-state index contributed by atoms with van der Waals surface area (Å²) in [7, 11) is 0. The van der Waals surface area contributed by atoms with Crippen LogP contribution in [0.25, 0.3) is 0 Å². The molecule has 3 rings (SSSR count). The average molecular weight is 298 g/mol. The van der Waals surface area contributed by atoms with E-state index in [9.17, 15) is 4.79 Å². The molecule has 2 heterocycles. The van der Waals surface area contributed by atoms with Crippen molar-refractivity contribution in [1.82, 2.24) is 20.4 Å². The lowest BCUT2D eigenvalue weighted by Gasteiger charge is -2.22. The number of aromatic nitrogens is 2. The second-order valence-electron chi connectivity index (χ2n) is 5.67. The van der Waals surface area contributed by atoms with E-state index in [0.717, 1.165) is 32.4 Å². The third-order valence-electron chi connectivity index (χ3n) is 4.03. The van der Waals surface area contributed by atoms with Crippen molar-refractivity contribution in [3.63, 3.8) is 0 Å². The van der Waals surface area contributed by atoms with Crippen LogP contribution in [0.4, 0.5) is 0 Å². The number of hydrogen-bond acceptors (Lipinski definition) is 3. The fraction of sp³-hybridized carbons (Fsp3) is 0.412. The molecule has 22 heavy (non-hydrogen) atoms. The lowest BCUT2D eigenvalue weighted by molar-refractivity contribution is 0.0948. The van der Waals surface area contributed by atoms with E-state index in [-0.39, 0.29) is 5.91 Å². The van der Waals surface area contributed by atoms with Gasteiger partial charge >= 0.3 is 0 Å². The fourth-order valence-electron chi connectivity index (χ4n) is 2.78. The molecule has 1 saturated heterocycles. The Morgan fingerprint density at radius 3 is 2.95 bits per heavy atom. The largest absolute Gasteiger partial charge is 0.350 e. The third-order valence-corrected chi connectivity index (χ3v) is 4.03. The Bertz CT molecular complexity index is 602. The first-order valence-electron chi connectivity index (χ1n) is 7.91. The number of piperidine rings is 1. The molecule has 1 unspecified atom stereocenters. The number of nitrogens with one attached hydrogen (secondary N) is 2. The van der Waals surface area contributed by atoms with Gasteiger partial charge in [-0.25, -0.2) is 0 Å². The zero-order chi connectivity index (χ0) is 15.2. The molecule has 0 spiro atoms. The normalized spacial score (nSPS) is 18.1. The Labute approximate surface area is 130 Å². The van der Waals surface area contributed by atoms with Crippen molar-refractivity contribution in [2.75, 3.05) is 19.6 Å². The summed E-state index contributed by atoms with van der Waals surface area (Å²) in [4.78, 5) is 12.1. The Hall–Kier alpha value is -2.14. The summed E-state index contributed by atoms with van der Waals surface area (Å²) in [6.45, 7) is 2.63.